The van der Waals surface area contributed by atoms with E-state index in [1.54, 1.807) is 0 Å². The first-order chi connectivity index (χ1) is 27.6. The van der Waals surface area contributed by atoms with E-state index in [2.05, 4.69) is 28.7 Å². The summed E-state index contributed by atoms with van der Waals surface area (Å²) < 4.78 is 58.5. The van der Waals surface area contributed by atoms with E-state index in [0.717, 1.165) is 24.3 Å². The van der Waals surface area contributed by atoms with E-state index in [-0.39, 0.29) is 248 Å². The molecule has 2 N–H and O–H groups in total. The molecule has 4 aromatic carbocycles. The van der Waals surface area contributed by atoms with E-state index in [0.29, 0.717) is 21.9 Å². The smallest absolute Gasteiger partial charge is 0.780 e. The number of nitrogens with one attached hydrogen (secondary N) is 2. The van der Waals surface area contributed by atoms with Crippen LogP contribution in [-0.4, -0.2) is 35.7 Å². The summed E-state index contributed by atoms with van der Waals surface area (Å²) in [6.45, 7) is 0. The van der Waals surface area contributed by atoms with Gasteiger partial charge in [0.15, 0.2) is 0 Å². The SMILES string of the molecule is O=C(Nc1cc(C(=O)OP(=O)([O-])[O-])cc(C(=O)OP(=O)([O-])[O-])c1)c1ccc(SSc2ccc(C(=O)Nc3cc(C(=O)OP(=O)([O-])[O-])cc(C(=O)OP(=O)([O-])[O-])c3)cc2)cc1.[Na+].[Na+].[Na+].[Na+].[Na+].[Na+].[Na+].[Na+]. The molecule has 2 amide bonds. The molecule has 0 saturated heterocycles. The van der Waals surface area contributed by atoms with Crippen LogP contribution in [0.5, 0.6) is 0 Å². The van der Waals surface area contributed by atoms with Gasteiger partial charge in [-0.3, -0.25) is 9.59 Å². The van der Waals surface area contributed by atoms with Gasteiger partial charge in [-0.1, -0.05) is 21.6 Å². The minimum absolute atomic E-state index is 0. The van der Waals surface area contributed by atoms with Crippen LogP contribution in [0, 0.1) is 0 Å². The van der Waals surface area contributed by atoms with Crippen LogP contribution in [0.25, 0.3) is 0 Å². The molecular weight excluding hydrogens is 1110 g/mol. The predicted molar refractivity (Wildman–Crippen MR) is 185 cm³/mol. The number of carbonyl (C=O) groups is 6. The Balaban J connectivity index is -0.00000165. The van der Waals surface area contributed by atoms with Crippen LogP contribution in [0.4, 0.5) is 11.4 Å². The third-order valence-electron chi connectivity index (χ3n) is 6.57. The van der Waals surface area contributed by atoms with Crippen molar-refractivity contribution in [1.82, 2.24) is 0 Å². The van der Waals surface area contributed by atoms with E-state index in [9.17, 15) is 86.2 Å². The molecule has 4 rings (SSSR count). The molecule has 0 radical (unpaired) electrons. The molecule has 0 aliphatic heterocycles. The van der Waals surface area contributed by atoms with Gasteiger partial charge in [0.1, 0.15) is 31.3 Å². The summed E-state index contributed by atoms with van der Waals surface area (Å²) in [4.78, 5) is 163. The van der Waals surface area contributed by atoms with Crippen LogP contribution in [0.3, 0.4) is 0 Å². The molecule has 0 aliphatic carbocycles. The van der Waals surface area contributed by atoms with Gasteiger partial charge in [0.25, 0.3) is 11.8 Å². The van der Waals surface area contributed by atoms with Crippen LogP contribution in [0.1, 0.15) is 62.1 Å². The molecule has 0 bridgehead atoms. The molecule has 0 fully saturated rings. The van der Waals surface area contributed by atoms with Gasteiger partial charge in [0, 0.05) is 32.3 Å². The van der Waals surface area contributed by atoms with Crippen LogP contribution >= 0.6 is 52.9 Å². The van der Waals surface area contributed by atoms with Gasteiger partial charge < -0.3 is 86.1 Å². The zero-order valence-electron chi connectivity index (χ0n) is 36.7. The normalized spacial score (nSPS) is 10.4. The number of benzene rings is 4. The predicted octanol–water partition coefficient (Wildman–Crippen LogP) is -25.0. The standard InChI is InChI=1S/C30H24N2O22P4S2.8Na/c33-25(31-21-11-17(27(35)51-55(39,40)41)9-18(12-21)28(36)52-56(42,43)44)15-1-5-23(6-2-15)59-60-24-7-3-16(4-8-24)26(34)32-22-13-19(29(37)53-57(45,46)47)10-20(14-22)30(38)54-58(48,49)50;;;;;;;;/h1-14H,(H,31,33)(H,32,34)(H2,39,40,41)(H2,42,43,44)(H2,45,46,47)(H2,48,49,50);;;;;;;;/q;8*+1/p-8. The van der Waals surface area contributed by atoms with Gasteiger partial charge in [-0.2, -0.15) is 0 Å². The minimum atomic E-state index is -5.90. The molecule has 0 heterocycles. The molecule has 38 heteroatoms. The fourth-order valence-electron chi connectivity index (χ4n) is 4.31. The molecule has 0 atom stereocenters. The summed E-state index contributed by atoms with van der Waals surface area (Å²) >= 11 is 0. The Kier molecular flexibility index (Phi) is 41.6. The molecule has 0 unspecified atom stereocenters. The van der Waals surface area contributed by atoms with E-state index in [4.69, 9.17) is 0 Å². The Hall–Kier alpha value is 3.00. The summed E-state index contributed by atoms with van der Waals surface area (Å²) in [7, 11) is -21.3. The largest absolute Gasteiger partial charge is 1.00 e. The molecule has 4 aromatic rings. The Morgan fingerprint density at radius 2 is 0.559 bits per heavy atom. The number of rotatable bonds is 15. The summed E-state index contributed by atoms with van der Waals surface area (Å²) in [5.74, 6) is -9.03. The number of hydrogen-bond donors (Lipinski definition) is 2. The van der Waals surface area contributed by atoms with Crippen molar-refractivity contribution in [3.05, 3.63) is 118 Å². The monoisotopic (exact) mass is 1130 g/mol. The Labute approximate surface area is 569 Å². The first kappa shape index (κ1) is 79.9. The topological polar surface area (TPSA) is 416 Å². The number of phosphoric ester groups is 4. The van der Waals surface area contributed by atoms with Gasteiger partial charge in [-0.15, -0.1) is 0 Å². The van der Waals surface area contributed by atoms with E-state index < -0.39 is 101 Å². The van der Waals surface area contributed by atoms with E-state index >= 15 is 0 Å². The minimum Gasteiger partial charge on any atom is -0.780 e. The van der Waals surface area contributed by atoms with Crippen LogP contribution in [-0.2, 0) is 36.4 Å². The Morgan fingerprint density at radius 3 is 0.750 bits per heavy atom. The Bertz CT molecular complexity index is 2320. The maximum atomic E-state index is 12.9. The molecule has 68 heavy (non-hydrogen) atoms. The average Bonchev–Trinajstić information content (AvgIpc) is 3.11. The molecule has 0 spiro atoms. The maximum Gasteiger partial charge on any atom is 1.00 e. The second-order valence-electron chi connectivity index (χ2n) is 11.0. The first-order valence-electron chi connectivity index (χ1n) is 15.1. The molecule has 24 nitrogen and oxygen atoms in total. The van der Waals surface area contributed by atoms with Crippen LogP contribution in [0.15, 0.2) is 94.7 Å². The van der Waals surface area contributed by atoms with Crippen LogP contribution < -0.4 is 286 Å². The summed E-state index contributed by atoms with van der Waals surface area (Å²) in [6, 6.07) is 15.4. The quantitative estimate of drug-likeness (QED) is 0.0634. The van der Waals surface area contributed by atoms with Gasteiger partial charge >= 0.3 is 260 Å². The second kappa shape index (κ2) is 35.4. The molecule has 318 valence electrons. The van der Waals surface area contributed by atoms with Gasteiger partial charge in [0.05, 0.1) is 22.3 Å². The fourth-order valence-corrected chi connectivity index (χ4v) is 7.48. The van der Waals surface area contributed by atoms with Crippen molar-refractivity contribution in [3.63, 3.8) is 0 Å². The van der Waals surface area contributed by atoms with Crippen molar-refractivity contribution in [2.75, 3.05) is 10.6 Å². The van der Waals surface area contributed by atoms with Gasteiger partial charge in [0.2, 0.25) is 0 Å². The van der Waals surface area contributed by atoms with Crippen molar-refractivity contribution in [2.45, 2.75) is 9.79 Å². The summed E-state index contributed by atoms with van der Waals surface area (Å²) in [5.41, 5.74) is -4.24. The number of carbonyl (C=O) groups excluding carboxylic acids is 6. The number of amides is 2. The third-order valence-corrected chi connectivity index (χ3v) is 10.5. The van der Waals surface area contributed by atoms with E-state index in [1.165, 1.54) is 70.1 Å². The van der Waals surface area contributed by atoms with Crippen molar-refractivity contribution in [2.24, 2.45) is 0 Å². The van der Waals surface area contributed by atoms with Gasteiger partial charge in [-0.05, 0) is 84.9 Å². The Morgan fingerprint density at radius 1 is 0.353 bits per heavy atom. The zero-order valence-corrected chi connectivity index (χ0v) is 57.9. The van der Waals surface area contributed by atoms with Crippen molar-refractivity contribution in [3.8, 4) is 0 Å². The fraction of sp³-hybridized carbons (Fsp3) is 0. The molecular formula is C30H16N2Na8O22P4S2. The molecule has 0 aromatic heterocycles. The summed E-state index contributed by atoms with van der Waals surface area (Å²) in [6.07, 6.45) is 0. The molecule has 0 aliphatic rings. The maximum absolute atomic E-state index is 12.9. The summed E-state index contributed by atoms with van der Waals surface area (Å²) in [5, 5.41) is 4.51. The second-order valence-corrected chi connectivity index (χ2v) is 17.6. The van der Waals surface area contributed by atoms with Crippen molar-refractivity contribution >= 4 is 99.9 Å². The van der Waals surface area contributed by atoms with E-state index in [1.807, 2.05) is 0 Å². The number of hydrogen-bond acceptors (Lipinski definition) is 24. The average molecular weight is 1130 g/mol. The molecule has 0 saturated carbocycles. The van der Waals surface area contributed by atoms with Gasteiger partial charge in [-0.25, -0.2) is 19.2 Å². The van der Waals surface area contributed by atoms with Crippen LogP contribution in [0.2, 0.25) is 0 Å². The van der Waals surface area contributed by atoms with Crippen molar-refractivity contribution < 1.29 is 341 Å². The van der Waals surface area contributed by atoms with Crippen molar-refractivity contribution in [1.29, 1.82) is 0 Å². The third kappa shape index (κ3) is 29.5. The zero-order chi connectivity index (χ0) is 44.8. The number of anilines is 2. The first-order valence-corrected chi connectivity index (χ1v) is 23.1. The number of phosphoric acid groups is 4.